The van der Waals surface area contributed by atoms with Crippen LogP contribution in [0.1, 0.15) is 32.4 Å². The van der Waals surface area contributed by atoms with E-state index in [1.54, 1.807) is 18.7 Å². The summed E-state index contributed by atoms with van der Waals surface area (Å²) in [5.74, 6) is 0.989. The van der Waals surface area contributed by atoms with Crippen molar-refractivity contribution in [3.05, 3.63) is 60.7 Å². The molecule has 0 bridgehead atoms. The van der Waals surface area contributed by atoms with Crippen molar-refractivity contribution < 1.29 is 4.79 Å². The molecule has 4 aromatic rings. The molecule has 3 N–H and O–H groups in total. The van der Waals surface area contributed by atoms with Crippen LogP contribution in [-0.2, 0) is 11.3 Å². The van der Waals surface area contributed by atoms with Gasteiger partial charge in [-0.1, -0.05) is 6.07 Å². The Balaban J connectivity index is 1.65. The zero-order chi connectivity index (χ0) is 21.8. The van der Waals surface area contributed by atoms with Gasteiger partial charge in [-0.25, -0.2) is 4.98 Å². The topological polar surface area (TPSA) is 110 Å². The Morgan fingerprint density at radius 3 is 2.55 bits per heavy atom. The van der Waals surface area contributed by atoms with Crippen LogP contribution < -0.4 is 16.0 Å². The van der Waals surface area contributed by atoms with Crippen LogP contribution in [0.2, 0.25) is 0 Å². The SMILES string of the molecule is CC(=O)Nc1ccc(Nc2nc(NCc3cccnc3)nc3c2ncn3C(C)C)cc1. The van der Waals surface area contributed by atoms with E-state index in [2.05, 4.69) is 44.7 Å². The molecule has 3 heterocycles. The van der Waals surface area contributed by atoms with Crippen molar-refractivity contribution in [2.75, 3.05) is 16.0 Å². The first-order valence-corrected chi connectivity index (χ1v) is 10.0. The molecule has 0 fully saturated rings. The van der Waals surface area contributed by atoms with Crippen molar-refractivity contribution >= 4 is 40.2 Å². The van der Waals surface area contributed by atoms with Gasteiger partial charge in [-0.15, -0.1) is 0 Å². The zero-order valence-electron chi connectivity index (χ0n) is 17.6. The Morgan fingerprint density at radius 1 is 1.10 bits per heavy atom. The predicted molar refractivity (Wildman–Crippen MR) is 121 cm³/mol. The number of amides is 1. The van der Waals surface area contributed by atoms with Gasteiger partial charge in [-0.2, -0.15) is 9.97 Å². The van der Waals surface area contributed by atoms with Crippen molar-refractivity contribution in [1.29, 1.82) is 0 Å². The second-order valence-electron chi connectivity index (χ2n) is 7.41. The maximum Gasteiger partial charge on any atom is 0.227 e. The van der Waals surface area contributed by atoms with Crippen LogP contribution in [0.5, 0.6) is 0 Å². The fourth-order valence-electron chi connectivity index (χ4n) is 3.12. The molecule has 0 unspecified atom stereocenters. The smallest absolute Gasteiger partial charge is 0.227 e. The van der Waals surface area contributed by atoms with Crippen LogP contribution in [0.25, 0.3) is 11.2 Å². The minimum atomic E-state index is -0.109. The van der Waals surface area contributed by atoms with Crippen molar-refractivity contribution in [3.63, 3.8) is 0 Å². The molecule has 0 saturated heterocycles. The summed E-state index contributed by atoms with van der Waals surface area (Å²) < 4.78 is 2.01. The minimum Gasteiger partial charge on any atom is -0.350 e. The van der Waals surface area contributed by atoms with E-state index in [9.17, 15) is 4.79 Å². The van der Waals surface area contributed by atoms with Gasteiger partial charge in [0, 0.05) is 43.3 Å². The summed E-state index contributed by atoms with van der Waals surface area (Å²) in [6.07, 6.45) is 5.33. The molecule has 0 radical (unpaired) electrons. The van der Waals surface area contributed by atoms with Gasteiger partial charge in [0.25, 0.3) is 0 Å². The number of nitrogens with one attached hydrogen (secondary N) is 3. The molecule has 0 spiro atoms. The number of fused-ring (bicyclic) bond motifs is 1. The highest BCUT2D eigenvalue weighted by molar-refractivity contribution is 5.89. The van der Waals surface area contributed by atoms with Crippen molar-refractivity contribution in [1.82, 2.24) is 24.5 Å². The summed E-state index contributed by atoms with van der Waals surface area (Å²) in [6.45, 7) is 6.20. The Bertz CT molecular complexity index is 1190. The average molecular weight is 416 g/mol. The highest BCUT2D eigenvalue weighted by Gasteiger charge is 2.15. The highest BCUT2D eigenvalue weighted by Crippen LogP contribution is 2.26. The van der Waals surface area contributed by atoms with Crippen LogP contribution in [0, 0.1) is 0 Å². The number of anilines is 4. The number of hydrogen-bond acceptors (Lipinski definition) is 7. The number of nitrogens with zero attached hydrogens (tertiary/aromatic N) is 5. The normalized spacial score (nSPS) is 11.0. The van der Waals surface area contributed by atoms with Gasteiger partial charge < -0.3 is 20.5 Å². The van der Waals surface area contributed by atoms with E-state index in [1.807, 2.05) is 41.0 Å². The molecule has 31 heavy (non-hydrogen) atoms. The summed E-state index contributed by atoms with van der Waals surface area (Å²) in [7, 11) is 0. The maximum atomic E-state index is 11.2. The fraction of sp³-hybridized carbons (Fsp3) is 0.227. The van der Waals surface area contributed by atoms with E-state index in [1.165, 1.54) is 6.92 Å². The standard InChI is InChI=1S/C22H24N8O/c1-14(2)30-13-25-19-20(27-18-8-6-17(7-9-18)26-15(3)31)28-22(29-21(19)30)24-12-16-5-4-10-23-11-16/h4-11,13-14H,12H2,1-3H3,(H,26,31)(H2,24,27,28,29). The number of hydrogen-bond donors (Lipinski definition) is 3. The van der Waals surface area contributed by atoms with Gasteiger partial charge >= 0.3 is 0 Å². The molecule has 1 amide bonds. The Morgan fingerprint density at radius 2 is 1.87 bits per heavy atom. The molecule has 158 valence electrons. The zero-order valence-corrected chi connectivity index (χ0v) is 17.6. The number of carbonyl (C=O) groups is 1. The largest absolute Gasteiger partial charge is 0.350 e. The highest BCUT2D eigenvalue weighted by atomic mass is 16.1. The van der Waals surface area contributed by atoms with E-state index >= 15 is 0 Å². The molecule has 4 rings (SSSR count). The summed E-state index contributed by atoms with van der Waals surface area (Å²) in [5, 5.41) is 9.36. The third-order valence-electron chi connectivity index (χ3n) is 4.62. The van der Waals surface area contributed by atoms with Crippen molar-refractivity contribution in [3.8, 4) is 0 Å². The van der Waals surface area contributed by atoms with Crippen LogP contribution in [0.4, 0.5) is 23.1 Å². The van der Waals surface area contributed by atoms with Crippen LogP contribution in [0.15, 0.2) is 55.1 Å². The molecule has 0 atom stereocenters. The lowest BCUT2D eigenvalue weighted by Crippen LogP contribution is -2.08. The van der Waals surface area contributed by atoms with Gasteiger partial charge in [0.2, 0.25) is 11.9 Å². The van der Waals surface area contributed by atoms with Gasteiger partial charge in [0.1, 0.15) is 0 Å². The molecular formula is C22H24N8O. The Kier molecular flexibility index (Phi) is 5.74. The van der Waals surface area contributed by atoms with Crippen LogP contribution in [0.3, 0.4) is 0 Å². The Labute approximate surface area is 180 Å². The van der Waals surface area contributed by atoms with Gasteiger partial charge in [-0.3, -0.25) is 9.78 Å². The summed E-state index contributed by atoms with van der Waals surface area (Å²) >= 11 is 0. The third-order valence-corrected chi connectivity index (χ3v) is 4.62. The lowest BCUT2D eigenvalue weighted by molar-refractivity contribution is -0.114. The summed E-state index contributed by atoms with van der Waals surface area (Å²) in [4.78, 5) is 29.2. The quantitative estimate of drug-likeness (QED) is 0.416. The molecular weight excluding hydrogens is 392 g/mol. The van der Waals surface area contributed by atoms with Crippen molar-refractivity contribution in [2.24, 2.45) is 0 Å². The molecule has 9 heteroatoms. The van der Waals surface area contributed by atoms with Crippen LogP contribution in [-0.4, -0.2) is 30.4 Å². The van der Waals surface area contributed by atoms with E-state index in [0.29, 0.717) is 23.8 Å². The number of rotatable bonds is 7. The van der Waals surface area contributed by atoms with Gasteiger partial charge in [0.15, 0.2) is 17.0 Å². The van der Waals surface area contributed by atoms with Crippen LogP contribution >= 0.6 is 0 Å². The average Bonchev–Trinajstić information content (AvgIpc) is 3.19. The number of aromatic nitrogens is 5. The number of benzene rings is 1. The van der Waals surface area contributed by atoms with Gasteiger partial charge in [0.05, 0.1) is 6.33 Å². The first kappa shape index (κ1) is 20.3. The number of imidazole rings is 1. The molecule has 0 aliphatic carbocycles. The molecule has 3 aromatic heterocycles. The third kappa shape index (κ3) is 4.77. The number of carbonyl (C=O) groups excluding carboxylic acids is 1. The second-order valence-corrected chi connectivity index (χ2v) is 7.41. The molecule has 1 aromatic carbocycles. The monoisotopic (exact) mass is 416 g/mol. The van der Waals surface area contributed by atoms with Gasteiger partial charge in [-0.05, 0) is 49.7 Å². The fourth-order valence-corrected chi connectivity index (χ4v) is 3.12. The predicted octanol–water partition coefficient (Wildman–Crippen LogP) is 4.12. The lowest BCUT2D eigenvalue weighted by atomic mass is 10.2. The first-order valence-electron chi connectivity index (χ1n) is 10.0. The van der Waals surface area contributed by atoms with E-state index in [4.69, 9.17) is 4.98 Å². The molecule has 0 aliphatic rings. The van der Waals surface area contributed by atoms with E-state index in [0.717, 1.165) is 22.6 Å². The molecule has 9 nitrogen and oxygen atoms in total. The Hall–Kier alpha value is -4.01. The minimum absolute atomic E-state index is 0.109. The lowest BCUT2D eigenvalue weighted by Gasteiger charge is -2.12. The second kappa shape index (κ2) is 8.78. The van der Waals surface area contributed by atoms with Crippen molar-refractivity contribution in [2.45, 2.75) is 33.4 Å². The number of pyridine rings is 1. The van der Waals surface area contributed by atoms with E-state index < -0.39 is 0 Å². The summed E-state index contributed by atoms with van der Waals surface area (Å²) in [5.41, 5.74) is 4.02. The summed E-state index contributed by atoms with van der Waals surface area (Å²) in [6, 6.07) is 11.5. The molecule has 0 aliphatic heterocycles. The first-order chi connectivity index (χ1) is 15.0. The molecule has 0 saturated carbocycles. The maximum absolute atomic E-state index is 11.2. The van der Waals surface area contributed by atoms with E-state index in [-0.39, 0.29) is 11.9 Å².